The van der Waals surface area contributed by atoms with E-state index < -0.39 is 0 Å². The summed E-state index contributed by atoms with van der Waals surface area (Å²) in [6, 6.07) is 7.87. The van der Waals surface area contributed by atoms with Crippen LogP contribution in [0, 0.1) is 5.92 Å². The topological polar surface area (TPSA) is 61.8 Å². The predicted molar refractivity (Wildman–Crippen MR) is 88.6 cm³/mol. The molecule has 1 aliphatic rings. The second-order valence-electron chi connectivity index (χ2n) is 5.10. The SMILES string of the molecule is CC(C)/C(=N/N)N1C=C(Sc2ccccc2CO)C=CC1. The van der Waals surface area contributed by atoms with Crippen LogP contribution in [0.2, 0.25) is 0 Å². The van der Waals surface area contributed by atoms with Gasteiger partial charge in [-0.1, -0.05) is 49.9 Å². The molecular formula is C16H21N3OS. The molecule has 0 spiro atoms. The Kier molecular flexibility index (Phi) is 5.47. The normalized spacial score (nSPS) is 15.5. The Labute approximate surface area is 130 Å². The lowest BCUT2D eigenvalue weighted by Crippen LogP contribution is -2.32. The van der Waals surface area contributed by atoms with Crippen LogP contribution in [0.5, 0.6) is 0 Å². The van der Waals surface area contributed by atoms with Crippen molar-refractivity contribution in [3.05, 3.63) is 53.1 Å². The fourth-order valence-electron chi connectivity index (χ4n) is 2.17. The summed E-state index contributed by atoms with van der Waals surface area (Å²) in [4.78, 5) is 4.23. The van der Waals surface area contributed by atoms with E-state index in [1.54, 1.807) is 11.8 Å². The smallest absolute Gasteiger partial charge is 0.131 e. The molecule has 21 heavy (non-hydrogen) atoms. The molecule has 1 aromatic rings. The lowest BCUT2D eigenvalue weighted by molar-refractivity contribution is 0.279. The number of thioether (sulfide) groups is 1. The van der Waals surface area contributed by atoms with Gasteiger partial charge in [0.05, 0.1) is 6.61 Å². The maximum Gasteiger partial charge on any atom is 0.131 e. The Morgan fingerprint density at radius 1 is 1.43 bits per heavy atom. The van der Waals surface area contributed by atoms with Gasteiger partial charge in [-0.05, 0) is 17.7 Å². The summed E-state index contributed by atoms with van der Waals surface area (Å²) >= 11 is 1.64. The highest BCUT2D eigenvalue weighted by Crippen LogP contribution is 2.32. The molecule has 1 aliphatic heterocycles. The molecule has 0 atom stereocenters. The second kappa shape index (κ2) is 7.33. The maximum absolute atomic E-state index is 9.40. The van der Waals surface area contributed by atoms with Crippen molar-refractivity contribution in [2.24, 2.45) is 16.9 Å². The van der Waals surface area contributed by atoms with Gasteiger partial charge in [0.1, 0.15) is 5.84 Å². The van der Waals surface area contributed by atoms with Crippen molar-refractivity contribution in [1.82, 2.24) is 4.90 Å². The van der Waals surface area contributed by atoms with Gasteiger partial charge in [0.2, 0.25) is 0 Å². The molecule has 0 radical (unpaired) electrons. The molecule has 1 heterocycles. The van der Waals surface area contributed by atoms with E-state index in [2.05, 4.69) is 42.2 Å². The summed E-state index contributed by atoms with van der Waals surface area (Å²) in [7, 11) is 0. The number of rotatable bonds is 4. The van der Waals surface area contributed by atoms with E-state index in [-0.39, 0.29) is 12.5 Å². The molecule has 4 nitrogen and oxygen atoms in total. The molecule has 1 aromatic carbocycles. The first kappa shape index (κ1) is 15.7. The molecule has 5 heteroatoms. The minimum Gasteiger partial charge on any atom is -0.392 e. The maximum atomic E-state index is 9.40. The van der Waals surface area contributed by atoms with Crippen molar-refractivity contribution in [2.45, 2.75) is 25.3 Å². The molecular weight excluding hydrogens is 282 g/mol. The number of nitrogens with two attached hydrogens (primary N) is 1. The quantitative estimate of drug-likeness (QED) is 0.388. The third kappa shape index (κ3) is 3.89. The van der Waals surface area contributed by atoms with E-state index in [1.165, 1.54) is 0 Å². The predicted octanol–water partition coefficient (Wildman–Crippen LogP) is 2.91. The molecule has 0 aliphatic carbocycles. The Hall–Kier alpha value is -1.72. The molecule has 0 saturated carbocycles. The fourth-order valence-corrected chi connectivity index (χ4v) is 3.18. The molecule has 0 amide bonds. The van der Waals surface area contributed by atoms with Crippen molar-refractivity contribution in [3.63, 3.8) is 0 Å². The largest absolute Gasteiger partial charge is 0.392 e. The minimum absolute atomic E-state index is 0.0470. The van der Waals surface area contributed by atoms with Crippen LogP contribution >= 0.6 is 11.8 Å². The highest BCUT2D eigenvalue weighted by Gasteiger charge is 2.16. The average molecular weight is 303 g/mol. The summed E-state index contributed by atoms with van der Waals surface area (Å²) in [6.07, 6.45) is 6.24. The van der Waals surface area contributed by atoms with Gasteiger partial charge in [-0.3, -0.25) is 0 Å². The van der Waals surface area contributed by atoms with Gasteiger partial charge in [0, 0.05) is 28.5 Å². The number of hydrazone groups is 1. The monoisotopic (exact) mass is 303 g/mol. The van der Waals surface area contributed by atoms with Crippen molar-refractivity contribution in [2.75, 3.05) is 6.54 Å². The molecule has 0 unspecified atom stereocenters. The highest BCUT2D eigenvalue weighted by atomic mass is 32.2. The van der Waals surface area contributed by atoms with Crippen molar-refractivity contribution < 1.29 is 5.11 Å². The summed E-state index contributed by atoms with van der Waals surface area (Å²) < 4.78 is 0. The van der Waals surface area contributed by atoms with E-state index in [1.807, 2.05) is 24.3 Å². The van der Waals surface area contributed by atoms with Gasteiger partial charge in [0.15, 0.2) is 0 Å². The van der Waals surface area contributed by atoms with Gasteiger partial charge in [0.25, 0.3) is 0 Å². The van der Waals surface area contributed by atoms with Crippen molar-refractivity contribution in [1.29, 1.82) is 0 Å². The number of nitrogens with zero attached hydrogens (tertiary/aromatic N) is 2. The van der Waals surface area contributed by atoms with Crippen molar-refractivity contribution >= 4 is 17.6 Å². The van der Waals surface area contributed by atoms with E-state index in [0.29, 0.717) is 0 Å². The first-order valence-corrected chi connectivity index (χ1v) is 7.76. The Balaban J connectivity index is 2.20. The molecule has 3 N–H and O–H groups in total. The number of hydrogen-bond acceptors (Lipinski definition) is 4. The van der Waals surface area contributed by atoms with Crippen LogP contribution in [0.25, 0.3) is 0 Å². The standard InChI is InChI=1S/C16H21N3OS/c1-12(2)16(18-17)19-9-5-7-14(10-19)21-15-8-4-3-6-13(15)11-20/h3-8,10,12,20H,9,11,17H2,1-2H3/b18-16-. The fraction of sp³-hybridized carbons (Fsp3) is 0.312. The van der Waals surface area contributed by atoms with E-state index >= 15 is 0 Å². The van der Waals surface area contributed by atoms with Crippen LogP contribution in [0.4, 0.5) is 0 Å². The summed E-state index contributed by atoms with van der Waals surface area (Å²) in [5.74, 6) is 6.64. The van der Waals surface area contributed by atoms with Crippen LogP contribution < -0.4 is 5.84 Å². The van der Waals surface area contributed by atoms with Gasteiger partial charge in [-0.25, -0.2) is 0 Å². The molecule has 2 rings (SSSR count). The van der Waals surface area contributed by atoms with Crippen LogP contribution in [0.15, 0.2) is 57.5 Å². The molecule has 0 bridgehead atoms. The Morgan fingerprint density at radius 3 is 2.86 bits per heavy atom. The van der Waals surface area contributed by atoms with E-state index in [0.717, 1.165) is 27.7 Å². The zero-order chi connectivity index (χ0) is 15.2. The Morgan fingerprint density at radius 2 is 2.19 bits per heavy atom. The summed E-state index contributed by atoms with van der Waals surface area (Å²) in [6.45, 7) is 4.97. The number of aliphatic hydroxyl groups is 1. The van der Waals surface area contributed by atoms with Crippen LogP contribution in [-0.2, 0) is 6.61 Å². The van der Waals surface area contributed by atoms with Crippen LogP contribution in [0.1, 0.15) is 19.4 Å². The third-order valence-electron chi connectivity index (χ3n) is 3.18. The summed E-state index contributed by atoms with van der Waals surface area (Å²) in [5, 5.41) is 13.3. The first-order chi connectivity index (χ1) is 10.2. The van der Waals surface area contributed by atoms with E-state index in [9.17, 15) is 5.11 Å². The molecule has 0 aromatic heterocycles. The lowest BCUT2D eigenvalue weighted by Gasteiger charge is -2.26. The van der Waals surface area contributed by atoms with Gasteiger partial charge in [-0.15, -0.1) is 0 Å². The summed E-state index contributed by atoms with van der Waals surface area (Å²) in [5.41, 5.74) is 0.936. The first-order valence-electron chi connectivity index (χ1n) is 6.95. The number of hydrogen-bond donors (Lipinski definition) is 2. The molecule has 0 saturated heterocycles. The van der Waals surface area contributed by atoms with Crippen molar-refractivity contribution in [3.8, 4) is 0 Å². The minimum atomic E-state index is 0.0470. The van der Waals surface area contributed by atoms with Gasteiger partial charge < -0.3 is 15.8 Å². The lowest BCUT2D eigenvalue weighted by atomic mass is 10.1. The van der Waals surface area contributed by atoms with Gasteiger partial charge in [-0.2, -0.15) is 5.10 Å². The number of aliphatic hydroxyl groups excluding tert-OH is 1. The number of benzene rings is 1. The highest BCUT2D eigenvalue weighted by molar-refractivity contribution is 8.03. The van der Waals surface area contributed by atoms with Crippen LogP contribution in [-0.4, -0.2) is 22.4 Å². The van der Waals surface area contributed by atoms with Crippen LogP contribution in [0.3, 0.4) is 0 Å². The molecule has 0 fully saturated rings. The average Bonchev–Trinajstić information content (AvgIpc) is 2.48. The number of amidine groups is 1. The Bertz CT molecular complexity index is 579. The zero-order valence-corrected chi connectivity index (χ0v) is 13.2. The van der Waals surface area contributed by atoms with Gasteiger partial charge >= 0.3 is 0 Å². The zero-order valence-electron chi connectivity index (χ0n) is 12.4. The second-order valence-corrected chi connectivity index (χ2v) is 6.21. The van der Waals surface area contributed by atoms with E-state index in [4.69, 9.17) is 5.84 Å². The molecule has 112 valence electrons. The number of allylic oxidation sites excluding steroid dienone is 1. The third-order valence-corrected chi connectivity index (χ3v) is 4.28.